The number of urea groups is 1. The second-order valence-corrected chi connectivity index (χ2v) is 12.5. The molecule has 9 heteroatoms. The van der Waals surface area contributed by atoms with Gasteiger partial charge in [-0.1, -0.05) is 56.1 Å². The van der Waals surface area contributed by atoms with Crippen molar-refractivity contribution in [3.05, 3.63) is 63.6 Å². The topological polar surface area (TPSA) is 93.1 Å². The van der Waals surface area contributed by atoms with E-state index < -0.39 is 6.29 Å². The van der Waals surface area contributed by atoms with Crippen LogP contribution in [0.25, 0.3) is 0 Å². The fourth-order valence-electron chi connectivity index (χ4n) is 5.72. The van der Waals surface area contributed by atoms with Crippen LogP contribution in [0.3, 0.4) is 0 Å². The lowest BCUT2D eigenvalue weighted by Crippen LogP contribution is -2.50. The van der Waals surface area contributed by atoms with E-state index in [-0.39, 0.29) is 35.9 Å². The average Bonchev–Trinajstić information content (AvgIpc) is 3.11. The molecule has 38 heavy (non-hydrogen) atoms. The lowest BCUT2D eigenvalue weighted by molar-refractivity contribution is -0.0440. The predicted octanol–water partition coefficient (Wildman–Crippen LogP) is 5.84. The number of hydrogen-bond donors (Lipinski definition) is 3. The van der Waals surface area contributed by atoms with Crippen LogP contribution >= 0.6 is 23.2 Å². The Bertz CT molecular complexity index is 1160. The van der Waals surface area contributed by atoms with Crippen molar-refractivity contribution in [2.45, 2.75) is 71.2 Å². The van der Waals surface area contributed by atoms with Crippen LogP contribution in [0.2, 0.25) is 10.0 Å². The van der Waals surface area contributed by atoms with Crippen molar-refractivity contribution in [1.29, 1.82) is 0 Å². The number of amides is 3. The third-order valence-corrected chi connectivity index (χ3v) is 8.63. The van der Waals surface area contributed by atoms with Gasteiger partial charge in [0.2, 0.25) is 0 Å². The maximum atomic E-state index is 13.9. The Balaban J connectivity index is 1.56. The first-order valence-corrected chi connectivity index (χ1v) is 13.9. The summed E-state index contributed by atoms with van der Waals surface area (Å²) in [7, 11) is 0. The molecule has 1 aliphatic heterocycles. The van der Waals surface area contributed by atoms with Gasteiger partial charge in [-0.25, -0.2) is 4.79 Å². The molecule has 0 atom stereocenters. The van der Waals surface area contributed by atoms with Crippen LogP contribution in [0.15, 0.2) is 42.5 Å². The zero-order valence-corrected chi connectivity index (χ0v) is 23.7. The van der Waals surface area contributed by atoms with E-state index in [4.69, 9.17) is 33.4 Å². The zero-order valence-electron chi connectivity index (χ0n) is 22.2. The Kier molecular flexibility index (Phi) is 8.62. The standard InChI is InChI=1S/C29H37Cl2N3O4/c1-28(2,3)21-10-13-29(14-11-21)18-33(24-16-22(30)8-9-23(24)31)27(38)34(29)17-19-4-6-20(7-5-19)26(37)32-15-12-25(35)36/h4-9,16,21,25,35-36H,10-15,17-18H2,1-3H3,(H,32,37). The SMILES string of the molecule is CC(C)(C)C1CCC2(CC1)CN(c1cc(Cl)ccc1Cl)C(=O)N2Cc1ccc(C(=O)NCCC(O)O)cc1. The molecule has 3 amide bonds. The van der Waals surface area contributed by atoms with Crippen LogP contribution in [-0.4, -0.2) is 52.0 Å². The number of hydrogen-bond acceptors (Lipinski definition) is 4. The van der Waals surface area contributed by atoms with E-state index in [9.17, 15) is 9.59 Å². The van der Waals surface area contributed by atoms with E-state index in [1.807, 2.05) is 17.0 Å². The molecule has 1 aliphatic carbocycles. The molecule has 2 aromatic rings. The summed E-state index contributed by atoms with van der Waals surface area (Å²) in [6.07, 6.45) is 2.52. The first kappa shape index (κ1) is 28.7. The second kappa shape index (κ2) is 11.4. The Morgan fingerprint density at radius 1 is 1.11 bits per heavy atom. The van der Waals surface area contributed by atoms with Crippen LogP contribution in [0.1, 0.15) is 68.8 Å². The molecule has 0 radical (unpaired) electrons. The molecule has 1 saturated carbocycles. The molecule has 0 unspecified atom stereocenters. The fourth-order valence-corrected chi connectivity index (χ4v) is 6.11. The van der Waals surface area contributed by atoms with E-state index in [0.29, 0.717) is 40.3 Å². The highest BCUT2D eigenvalue weighted by Gasteiger charge is 2.52. The van der Waals surface area contributed by atoms with Crippen molar-refractivity contribution >= 4 is 40.8 Å². The van der Waals surface area contributed by atoms with Crippen LogP contribution in [0.4, 0.5) is 10.5 Å². The van der Waals surface area contributed by atoms with Gasteiger partial charge in [0.05, 0.1) is 22.8 Å². The molecule has 2 fully saturated rings. The molecule has 2 aromatic carbocycles. The Morgan fingerprint density at radius 3 is 2.37 bits per heavy atom. The number of carbonyl (C=O) groups excluding carboxylic acids is 2. The maximum absolute atomic E-state index is 13.9. The smallest absolute Gasteiger partial charge is 0.325 e. The molecule has 1 saturated heterocycles. The third kappa shape index (κ3) is 6.28. The largest absolute Gasteiger partial charge is 0.368 e. The number of anilines is 1. The lowest BCUT2D eigenvalue weighted by atomic mass is 9.67. The molecule has 4 rings (SSSR count). The number of aliphatic hydroxyl groups is 2. The summed E-state index contributed by atoms with van der Waals surface area (Å²) in [5, 5.41) is 21.6. The van der Waals surface area contributed by atoms with Crippen molar-refractivity contribution in [2.75, 3.05) is 18.0 Å². The summed E-state index contributed by atoms with van der Waals surface area (Å²) in [5.74, 6) is 0.312. The molecule has 1 heterocycles. The molecule has 2 aliphatic rings. The van der Waals surface area contributed by atoms with Gasteiger partial charge in [0, 0.05) is 30.1 Å². The van der Waals surface area contributed by atoms with E-state index in [2.05, 4.69) is 26.1 Å². The highest BCUT2D eigenvalue weighted by atomic mass is 35.5. The first-order valence-electron chi connectivity index (χ1n) is 13.2. The molecular weight excluding hydrogens is 525 g/mol. The fraction of sp³-hybridized carbons (Fsp3) is 0.517. The van der Waals surface area contributed by atoms with Crippen LogP contribution in [0, 0.1) is 11.3 Å². The monoisotopic (exact) mass is 561 g/mol. The van der Waals surface area contributed by atoms with Crippen molar-refractivity contribution in [1.82, 2.24) is 10.2 Å². The lowest BCUT2D eigenvalue weighted by Gasteiger charge is -2.45. The Labute approximate surface area is 234 Å². The van der Waals surface area contributed by atoms with Crippen molar-refractivity contribution in [3.63, 3.8) is 0 Å². The van der Waals surface area contributed by atoms with Gasteiger partial charge in [-0.15, -0.1) is 0 Å². The molecule has 7 nitrogen and oxygen atoms in total. The van der Waals surface area contributed by atoms with Crippen LogP contribution in [-0.2, 0) is 6.54 Å². The minimum atomic E-state index is -1.46. The summed E-state index contributed by atoms with van der Waals surface area (Å²) in [6.45, 7) is 8.01. The van der Waals surface area contributed by atoms with E-state index in [0.717, 1.165) is 31.2 Å². The average molecular weight is 563 g/mol. The number of carbonyl (C=O) groups is 2. The highest BCUT2D eigenvalue weighted by molar-refractivity contribution is 6.35. The van der Waals surface area contributed by atoms with Crippen LogP contribution < -0.4 is 10.2 Å². The van der Waals surface area contributed by atoms with Gasteiger partial charge in [-0.3, -0.25) is 9.69 Å². The Morgan fingerprint density at radius 2 is 1.76 bits per heavy atom. The Hall–Kier alpha value is -2.32. The molecule has 206 valence electrons. The molecule has 0 bridgehead atoms. The van der Waals surface area contributed by atoms with Gasteiger partial charge in [0.15, 0.2) is 6.29 Å². The number of nitrogens with zero attached hydrogens (tertiary/aromatic N) is 2. The van der Waals surface area contributed by atoms with E-state index >= 15 is 0 Å². The van der Waals surface area contributed by atoms with Crippen molar-refractivity contribution in [2.24, 2.45) is 11.3 Å². The molecule has 3 N–H and O–H groups in total. The summed E-state index contributed by atoms with van der Waals surface area (Å²) >= 11 is 12.8. The number of benzene rings is 2. The number of halogens is 2. The number of aliphatic hydroxyl groups excluding tert-OH is 1. The number of rotatable bonds is 7. The minimum absolute atomic E-state index is 0.0617. The molecular formula is C29H37Cl2N3O4. The van der Waals surface area contributed by atoms with Gasteiger partial charge < -0.3 is 20.4 Å². The summed E-state index contributed by atoms with van der Waals surface area (Å²) in [4.78, 5) is 30.1. The van der Waals surface area contributed by atoms with Gasteiger partial charge in [0.1, 0.15) is 0 Å². The van der Waals surface area contributed by atoms with Gasteiger partial charge in [0.25, 0.3) is 5.91 Å². The quantitative estimate of drug-likeness (QED) is 0.370. The minimum Gasteiger partial charge on any atom is -0.368 e. The highest BCUT2D eigenvalue weighted by Crippen LogP contribution is 2.48. The van der Waals surface area contributed by atoms with Gasteiger partial charge >= 0.3 is 6.03 Å². The maximum Gasteiger partial charge on any atom is 0.325 e. The summed E-state index contributed by atoms with van der Waals surface area (Å²) < 4.78 is 0. The van der Waals surface area contributed by atoms with Crippen molar-refractivity contribution in [3.8, 4) is 0 Å². The van der Waals surface area contributed by atoms with Gasteiger partial charge in [-0.05, 0) is 72.9 Å². The van der Waals surface area contributed by atoms with Gasteiger partial charge in [-0.2, -0.15) is 0 Å². The molecule has 1 spiro atoms. The number of nitrogens with one attached hydrogen (secondary N) is 1. The summed E-state index contributed by atoms with van der Waals surface area (Å²) in [6, 6.07) is 12.3. The van der Waals surface area contributed by atoms with E-state index in [1.165, 1.54) is 0 Å². The van der Waals surface area contributed by atoms with Crippen molar-refractivity contribution < 1.29 is 19.8 Å². The predicted molar refractivity (Wildman–Crippen MR) is 151 cm³/mol. The third-order valence-electron chi connectivity index (χ3n) is 8.07. The zero-order chi connectivity index (χ0) is 27.7. The molecule has 0 aromatic heterocycles. The first-order chi connectivity index (χ1) is 17.9. The normalized spacial score (nSPS) is 22.0. The second-order valence-electron chi connectivity index (χ2n) is 11.6. The van der Waals surface area contributed by atoms with E-state index in [1.54, 1.807) is 35.2 Å². The summed E-state index contributed by atoms with van der Waals surface area (Å²) in [5.41, 5.74) is 1.94. The van der Waals surface area contributed by atoms with Crippen LogP contribution in [0.5, 0.6) is 0 Å².